The van der Waals surface area contributed by atoms with Crippen molar-refractivity contribution in [2.45, 2.75) is 38.5 Å². The fourth-order valence-electron chi connectivity index (χ4n) is 2.80. The molecule has 1 N–H and O–H groups in total. The number of hydrogen-bond donors (Lipinski definition) is 1. The van der Waals surface area contributed by atoms with Crippen molar-refractivity contribution in [2.24, 2.45) is 0 Å². The number of aromatic nitrogens is 2. The summed E-state index contributed by atoms with van der Waals surface area (Å²) < 4.78 is 12.3. The zero-order valence-electron chi connectivity index (χ0n) is 15.6. The number of pyridine rings is 2. The van der Waals surface area contributed by atoms with Crippen LogP contribution < -0.4 is 15.0 Å². The van der Waals surface area contributed by atoms with Crippen LogP contribution in [0, 0.1) is 0 Å². The van der Waals surface area contributed by atoms with Gasteiger partial charge in [-0.2, -0.15) is 0 Å². The van der Waals surface area contributed by atoms with Gasteiger partial charge >= 0.3 is 6.09 Å². The Labute approximate surface area is 167 Å². The van der Waals surface area contributed by atoms with Crippen LogP contribution in [0.15, 0.2) is 47.2 Å². The lowest BCUT2D eigenvalue weighted by molar-refractivity contribution is 0.0471. The second-order valence-corrected chi connectivity index (χ2v) is 8.23. The van der Waals surface area contributed by atoms with Gasteiger partial charge < -0.3 is 19.7 Å². The number of alkyl carbamates (subject to hydrolysis) is 1. The van der Waals surface area contributed by atoms with Crippen LogP contribution in [0.25, 0.3) is 0 Å². The molecule has 1 amide bonds. The molecule has 0 spiro atoms. The second-order valence-electron chi connectivity index (χ2n) is 7.32. The van der Waals surface area contributed by atoms with Gasteiger partial charge in [0.05, 0.1) is 12.6 Å². The summed E-state index contributed by atoms with van der Waals surface area (Å²) in [6.45, 7) is 6.64. The number of anilines is 1. The van der Waals surface area contributed by atoms with Gasteiger partial charge in [0.25, 0.3) is 0 Å². The van der Waals surface area contributed by atoms with Crippen molar-refractivity contribution in [1.29, 1.82) is 0 Å². The number of rotatable bonds is 4. The van der Waals surface area contributed by atoms with Crippen molar-refractivity contribution in [2.75, 3.05) is 18.0 Å². The number of ether oxygens (including phenoxy) is 2. The minimum Gasteiger partial charge on any atom is -0.470 e. The fourth-order valence-corrected chi connectivity index (χ4v) is 3.04. The Balaban J connectivity index is 1.74. The third-order valence-electron chi connectivity index (χ3n) is 3.91. The molecule has 0 unspecified atom stereocenters. The van der Waals surface area contributed by atoms with E-state index in [2.05, 4.69) is 36.1 Å². The normalized spacial score (nSPS) is 19.6. The maximum absolute atomic E-state index is 12.3. The Morgan fingerprint density at radius 3 is 2.67 bits per heavy atom. The van der Waals surface area contributed by atoms with E-state index in [1.54, 1.807) is 18.5 Å². The van der Waals surface area contributed by atoms with Crippen LogP contribution in [0.2, 0.25) is 0 Å². The monoisotopic (exact) mass is 434 g/mol. The average molecular weight is 435 g/mol. The highest BCUT2D eigenvalue weighted by molar-refractivity contribution is 9.10. The molecule has 1 aliphatic rings. The highest BCUT2D eigenvalue weighted by Gasteiger charge is 2.37. The van der Waals surface area contributed by atoms with E-state index < -0.39 is 11.7 Å². The Bertz CT molecular complexity index is 765. The van der Waals surface area contributed by atoms with Crippen molar-refractivity contribution in [3.8, 4) is 5.88 Å². The number of halogens is 1. The average Bonchev–Trinajstić information content (AvgIpc) is 2.97. The van der Waals surface area contributed by atoms with Crippen LogP contribution in [0.1, 0.15) is 20.8 Å². The molecule has 2 aromatic rings. The molecule has 1 aliphatic heterocycles. The summed E-state index contributed by atoms with van der Waals surface area (Å²) in [5.41, 5.74) is -0.563. The summed E-state index contributed by atoms with van der Waals surface area (Å²) in [5, 5.41) is 2.92. The van der Waals surface area contributed by atoms with Crippen LogP contribution >= 0.6 is 15.9 Å². The zero-order valence-corrected chi connectivity index (χ0v) is 17.1. The van der Waals surface area contributed by atoms with E-state index in [4.69, 9.17) is 9.47 Å². The zero-order chi connectivity index (χ0) is 19.4. The van der Waals surface area contributed by atoms with Gasteiger partial charge in [0.1, 0.15) is 17.5 Å². The van der Waals surface area contributed by atoms with E-state index in [0.717, 1.165) is 10.3 Å². The first-order valence-electron chi connectivity index (χ1n) is 8.74. The van der Waals surface area contributed by atoms with Gasteiger partial charge in [-0.15, -0.1) is 0 Å². The van der Waals surface area contributed by atoms with Gasteiger partial charge in [-0.3, -0.25) is 0 Å². The molecule has 27 heavy (non-hydrogen) atoms. The minimum atomic E-state index is -0.563. The van der Waals surface area contributed by atoms with Crippen LogP contribution in [0.4, 0.5) is 10.6 Å². The molecule has 144 valence electrons. The van der Waals surface area contributed by atoms with Gasteiger partial charge in [0.2, 0.25) is 5.88 Å². The van der Waals surface area contributed by atoms with Crippen molar-refractivity contribution >= 4 is 27.8 Å². The molecule has 2 atom stereocenters. The van der Waals surface area contributed by atoms with Crippen molar-refractivity contribution in [1.82, 2.24) is 15.3 Å². The van der Waals surface area contributed by atoms with E-state index >= 15 is 0 Å². The van der Waals surface area contributed by atoms with Crippen molar-refractivity contribution in [3.05, 3.63) is 47.2 Å². The molecule has 0 aromatic carbocycles. The predicted molar refractivity (Wildman–Crippen MR) is 106 cm³/mol. The van der Waals surface area contributed by atoms with E-state index in [1.807, 2.05) is 45.0 Å². The van der Waals surface area contributed by atoms with Crippen LogP contribution in [-0.4, -0.2) is 46.9 Å². The molecule has 0 saturated carbocycles. The van der Waals surface area contributed by atoms with E-state index in [1.165, 1.54) is 0 Å². The molecule has 8 heteroatoms. The molecule has 3 rings (SSSR count). The summed E-state index contributed by atoms with van der Waals surface area (Å²) in [7, 11) is 0. The number of amides is 1. The number of nitrogens with zero attached hydrogens (tertiary/aromatic N) is 3. The number of hydrogen-bond acceptors (Lipinski definition) is 6. The van der Waals surface area contributed by atoms with Crippen LogP contribution in [0.5, 0.6) is 5.88 Å². The highest BCUT2D eigenvalue weighted by Crippen LogP contribution is 2.23. The van der Waals surface area contributed by atoms with Crippen molar-refractivity contribution < 1.29 is 14.3 Å². The predicted octanol–water partition coefficient (Wildman–Crippen LogP) is 3.40. The Morgan fingerprint density at radius 2 is 2.04 bits per heavy atom. The fraction of sp³-hybridized carbons (Fsp3) is 0.421. The summed E-state index contributed by atoms with van der Waals surface area (Å²) in [5.74, 6) is 1.34. The molecule has 0 radical (unpaired) electrons. The Hall–Kier alpha value is -2.35. The third-order valence-corrected chi connectivity index (χ3v) is 4.38. The lowest BCUT2D eigenvalue weighted by Gasteiger charge is -2.24. The Kier molecular flexibility index (Phi) is 5.84. The van der Waals surface area contributed by atoms with Gasteiger partial charge in [-0.05, 0) is 54.9 Å². The first-order valence-corrected chi connectivity index (χ1v) is 9.53. The van der Waals surface area contributed by atoms with E-state index in [-0.39, 0.29) is 12.1 Å². The van der Waals surface area contributed by atoms with Gasteiger partial charge in [-0.1, -0.05) is 6.07 Å². The molecule has 0 bridgehead atoms. The summed E-state index contributed by atoms with van der Waals surface area (Å²) in [6, 6.07) is 9.10. The quantitative estimate of drug-likeness (QED) is 0.794. The topological polar surface area (TPSA) is 76.6 Å². The Morgan fingerprint density at radius 1 is 1.22 bits per heavy atom. The van der Waals surface area contributed by atoms with Crippen LogP contribution in [-0.2, 0) is 4.74 Å². The molecule has 1 saturated heterocycles. The smallest absolute Gasteiger partial charge is 0.408 e. The largest absolute Gasteiger partial charge is 0.470 e. The summed E-state index contributed by atoms with van der Waals surface area (Å²) in [6.07, 6.45) is 2.68. The first kappa shape index (κ1) is 19.4. The van der Waals surface area contributed by atoms with Gasteiger partial charge in [-0.25, -0.2) is 14.8 Å². The number of carbonyl (C=O) groups excluding carboxylic acids is 1. The standard InChI is InChI=1S/C19H23BrN4O3/c1-19(2,3)27-18(25)23-14-11-24(16-8-7-13(20)10-22-16)12-15(14)26-17-6-4-5-9-21-17/h4-10,14-15H,11-12H2,1-3H3,(H,23,25)/t14-,15-/m0/s1. The SMILES string of the molecule is CC(C)(C)OC(=O)N[C@H]1CN(c2ccc(Br)cn2)C[C@@H]1Oc1ccccn1. The third kappa shape index (κ3) is 5.56. The minimum absolute atomic E-state index is 0.257. The second kappa shape index (κ2) is 8.12. The summed E-state index contributed by atoms with van der Waals surface area (Å²) >= 11 is 3.40. The van der Waals surface area contributed by atoms with E-state index in [9.17, 15) is 4.79 Å². The molecular formula is C19H23BrN4O3. The summed E-state index contributed by atoms with van der Waals surface area (Å²) in [4.78, 5) is 23.0. The van der Waals surface area contributed by atoms with Crippen LogP contribution in [0.3, 0.4) is 0 Å². The van der Waals surface area contributed by atoms with Gasteiger partial charge in [0, 0.05) is 29.5 Å². The highest BCUT2D eigenvalue weighted by atomic mass is 79.9. The molecule has 1 fully saturated rings. The maximum Gasteiger partial charge on any atom is 0.408 e. The van der Waals surface area contributed by atoms with E-state index in [0.29, 0.717) is 19.0 Å². The molecule has 0 aliphatic carbocycles. The van der Waals surface area contributed by atoms with Crippen molar-refractivity contribution in [3.63, 3.8) is 0 Å². The number of nitrogens with one attached hydrogen (secondary N) is 1. The van der Waals surface area contributed by atoms with Gasteiger partial charge in [0.15, 0.2) is 0 Å². The first-order chi connectivity index (χ1) is 12.8. The lowest BCUT2D eigenvalue weighted by atomic mass is 10.2. The molecule has 7 nitrogen and oxygen atoms in total. The lowest BCUT2D eigenvalue weighted by Crippen LogP contribution is -2.47. The maximum atomic E-state index is 12.3. The molecular weight excluding hydrogens is 412 g/mol. The molecule has 3 heterocycles. The number of carbonyl (C=O) groups is 1. The molecule has 2 aromatic heterocycles.